The second-order valence-electron chi connectivity index (χ2n) is 5.17. The number of allylic oxidation sites excluding steroid dienone is 2. The van der Waals surface area contributed by atoms with E-state index in [9.17, 15) is 4.79 Å². The molecule has 1 atom stereocenters. The van der Waals surface area contributed by atoms with Crippen LogP contribution in [0.25, 0.3) is 0 Å². The zero-order chi connectivity index (χ0) is 9.64. The quantitative estimate of drug-likeness (QED) is 0.557. The van der Waals surface area contributed by atoms with Gasteiger partial charge in [0.05, 0.1) is 0 Å². The number of hydrogen-bond acceptors (Lipinski definition) is 1. The first kappa shape index (κ1) is 8.98. The summed E-state index contributed by atoms with van der Waals surface area (Å²) in [5, 5.41) is 0. The van der Waals surface area contributed by atoms with Gasteiger partial charge in [0.15, 0.2) is 5.78 Å². The Morgan fingerprint density at radius 1 is 1.38 bits per heavy atom. The van der Waals surface area contributed by atoms with E-state index in [1.165, 1.54) is 30.4 Å². The van der Waals surface area contributed by atoms with E-state index in [1.807, 2.05) is 0 Å². The van der Waals surface area contributed by atoms with Crippen LogP contribution in [0.5, 0.6) is 0 Å². The molecule has 0 heterocycles. The lowest BCUT2D eigenvalue weighted by Gasteiger charge is -2.27. The molecule has 0 saturated heterocycles. The predicted octanol–water partition coefficient (Wildman–Crippen LogP) is 3.10. The fraction of sp³-hybridized carbons (Fsp3) is 0.750. The van der Waals surface area contributed by atoms with Crippen molar-refractivity contribution in [3.8, 4) is 0 Å². The lowest BCUT2D eigenvalue weighted by molar-refractivity contribution is -0.116. The molecule has 0 spiro atoms. The Labute approximate surface area is 80.2 Å². The summed E-state index contributed by atoms with van der Waals surface area (Å²) in [7, 11) is 0. The number of rotatable bonds is 0. The average molecular weight is 178 g/mol. The highest BCUT2D eigenvalue weighted by atomic mass is 16.1. The number of carbonyl (C=O) groups is 1. The van der Waals surface area contributed by atoms with Crippen molar-refractivity contribution >= 4 is 5.78 Å². The smallest absolute Gasteiger partial charge is 0.159 e. The molecule has 2 aliphatic rings. The normalized spacial score (nSPS) is 32.2. The van der Waals surface area contributed by atoms with Gasteiger partial charge in [-0.1, -0.05) is 26.3 Å². The minimum atomic E-state index is 0.168. The molecule has 0 aliphatic heterocycles. The SMILES string of the molecule is C[C@@H]1CCCC2=C1C(=O)CC2(C)C. The van der Waals surface area contributed by atoms with Crippen molar-refractivity contribution in [3.63, 3.8) is 0 Å². The fourth-order valence-corrected chi connectivity index (χ4v) is 2.91. The second-order valence-corrected chi connectivity index (χ2v) is 5.17. The van der Waals surface area contributed by atoms with Crippen LogP contribution in [0.15, 0.2) is 11.1 Å². The van der Waals surface area contributed by atoms with Gasteiger partial charge in [-0.25, -0.2) is 0 Å². The van der Waals surface area contributed by atoms with Gasteiger partial charge in [0.2, 0.25) is 0 Å². The highest BCUT2D eigenvalue weighted by molar-refractivity contribution is 6.00. The van der Waals surface area contributed by atoms with Crippen molar-refractivity contribution in [2.45, 2.75) is 46.5 Å². The van der Waals surface area contributed by atoms with Crippen LogP contribution in [0.4, 0.5) is 0 Å². The number of ketones is 1. The molecule has 0 saturated carbocycles. The minimum Gasteiger partial charge on any atom is -0.295 e. The topological polar surface area (TPSA) is 17.1 Å². The van der Waals surface area contributed by atoms with Crippen LogP contribution in [0.2, 0.25) is 0 Å². The molecule has 0 N–H and O–H groups in total. The minimum absolute atomic E-state index is 0.168. The number of carbonyl (C=O) groups excluding carboxylic acids is 1. The van der Waals surface area contributed by atoms with Gasteiger partial charge >= 0.3 is 0 Å². The third kappa shape index (κ3) is 1.25. The van der Waals surface area contributed by atoms with Gasteiger partial charge in [0.1, 0.15) is 0 Å². The van der Waals surface area contributed by atoms with Gasteiger partial charge in [0, 0.05) is 6.42 Å². The van der Waals surface area contributed by atoms with Gasteiger partial charge in [-0.05, 0) is 36.2 Å². The monoisotopic (exact) mass is 178 g/mol. The van der Waals surface area contributed by atoms with Crippen molar-refractivity contribution < 1.29 is 4.79 Å². The maximum absolute atomic E-state index is 11.8. The highest BCUT2D eigenvalue weighted by Crippen LogP contribution is 2.48. The van der Waals surface area contributed by atoms with Gasteiger partial charge in [-0.15, -0.1) is 0 Å². The van der Waals surface area contributed by atoms with Crippen LogP contribution in [0, 0.1) is 11.3 Å². The van der Waals surface area contributed by atoms with Crippen LogP contribution in [-0.4, -0.2) is 5.78 Å². The first-order valence-corrected chi connectivity index (χ1v) is 5.29. The Bertz CT molecular complexity index is 283. The first-order valence-electron chi connectivity index (χ1n) is 5.29. The predicted molar refractivity (Wildman–Crippen MR) is 53.4 cm³/mol. The third-order valence-corrected chi connectivity index (χ3v) is 3.60. The average Bonchev–Trinajstić information content (AvgIpc) is 2.24. The Morgan fingerprint density at radius 3 is 2.69 bits per heavy atom. The van der Waals surface area contributed by atoms with E-state index in [0.29, 0.717) is 11.7 Å². The zero-order valence-electron chi connectivity index (χ0n) is 8.81. The summed E-state index contributed by atoms with van der Waals surface area (Å²) in [5.74, 6) is 0.949. The highest BCUT2D eigenvalue weighted by Gasteiger charge is 2.40. The van der Waals surface area contributed by atoms with Crippen LogP contribution >= 0.6 is 0 Å². The van der Waals surface area contributed by atoms with Crippen molar-refractivity contribution in [1.82, 2.24) is 0 Å². The van der Waals surface area contributed by atoms with Gasteiger partial charge in [-0.2, -0.15) is 0 Å². The molecule has 1 heteroatoms. The molecule has 2 aliphatic carbocycles. The largest absolute Gasteiger partial charge is 0.295 e. The van der Waals surface area contributed by atoms with Crippen LogP contribution < -0.4 is 0 Å². The molecule has 0 unspecified atom stereocenters. The van der Waals surface area contributed by atoms with E-state index in [1.54, 1.807) is 0 Å². The molecule has 0 fully saturated rings. The van der Waals surface area contributed by atoms with Crippen molar-refractivity contribution in [3.05, 3.63) is 11.1 Å². The molecule has 0 aromatic heterocycles. The third-order valence-electron chi connectivity index (χ3n) is 3.60. The van der Waals surface area contributed by atoms with E-state index in [2.05, 4.69) is 20.8 Å². The van der Waals surface area contributed by atoms with Gasteiger partial charge in [0.25, 0.3) is 0 Å². The molecule has 0 aromatic rings. The van der Waals surface area contributed by atoms with Crippen molar-refractivity contribution in [2.24, 2.45) is 11.3 Å². The number of hydrogen-bond donors (Lipinski definition) is 0. The summed E-state index contributed by atoms with van der Waals surface area (Å²) in [6.45, 7) is 6.63. The maximum atomic E-state index is 11.8. The van der Waals surface area contributed by atoms with Gasteiger partial charge in [-0.3, -0.25) is 4.79 Å². The van der Waals surface area contributed by atoms with Crippen LogP contribution in [0.1, 0.15) is 46.5 Å². The Morgan fingerprint density at radius 2 is 2.08 bits per heavy atom. The fourth-order valence-electron chi connectivity index (χ4n) is 2.91. The molecule has 0 aromatic carbocycles. The summed E-state index contributed by atoms with van der Waals surface area (Å²) in [6.07, 6.45) is 4.40. The van der Waals surface area contributed by atoms with Crippen LogP contribution in [-0.2, 0) is 4.79 Å². The van der Waals surface area contributed by atoms with E-state index in [0.717, 1.165) is 6.42 Å². The van der Waals surface area contributed by atoms with E-state index >= 15 is 0 Å². The molecule has 0 amide bonds. The maximum Gasteiger partial charge on any atom is 0.159 e. The number of Topliss-reactive ketones (excluding diaryl/α,β-unsaturated/α-hetero) is 1. The lowest BCUT2D eigenvalue weighted by atomic mass is 9.78. The lowest BCUT2D eigenvalue weighted by Crippen LogP contribution is -2.14. The molecule has 13 heavy (non-hydrogen) atoms. The summed E-state index contributed by atoms with van der Waals surface area (Å²) < 4.78 is 0. The van der Waals surface area contributed by atoms with E-state index in [-0.39, 0.29) is 5.41 Å². The van der Waals surface area contributed by atoms with E-state index in [4.69, 9.17) is 0 Å². The summed E-state index contributed by atoms with van der Waals surface area (Å²) in [5.41, 5.74) is 2.83. The van der Waals surface area contributed by atoms with Gasteiger partial charge < -0.3 is 0 Å². The molecular formula is C12H18O. The summed E-state index contributed by atoms with van der Waals surface area (Å²) >= 11 is 0. The Balaban J connectivity index is 2.45. The molecule has 0 radical (unpaired) electrons. The standard InChI is InChI=1S/C12H18O/c1-8-5-4-6-9-11(8)10(13)7-12(9,2)3/h8H,4-7H2,1-3H3/t8-/m1/s1. The molecule has 72 valence electrons. The molecular weight excluding hydrogens is 160 g/mol. The second kappa shape index (κ2) is 2.70. The molecule has 1 nitrogen and oxygen atoms in total. The zero-order valence-corrected chi connectivity index (χ0v) is 8.81. The van der Waals surface area contributed by atoms with E-state index < -0.39 is 0 Å². The van der Waals surface area contributed by atoms with Crippen molar-refractivity contribution in [1.29, 1.82) is 0 Å². The van der Waals surface area contributed by atoms with Crippen LogP contribution in [0.3, 0.4) is 0 Å². The molecule has 0 bridgehead atoms. The first-order chi connectivity index (χ1) is 6.02. The summed E-state index contributed by atoms with van der Waals surface area (Å²) in [4.78, 5) is 11.8. The molecule has 2 rings (SSSR count). The summed E-state index contributed by atoms with van der Waals surface area (Å²) in [6, 6.07) is 0. The Hall–Kier alpha value is -0.590. The Kier molecular flexibility index (Phi) is 1.86. The van der Waals surface area contributed by atoms with Crippen molar-refractivity contribution in [2.75, 3.05) is 0 Å².